The van der Waals surface area contributed by atoms with Crippen LogP contribution in [0.4, 0.5) is 0 Å². The summed E-state index contributed by atoms with van der Waals surface area (Å²) in [6, 6.07) is -0.296. The van der Waals surface area contributed by atoms with Crippen molar-refractivity contribution in [2.75, 3.05) is 25.1 Å². The number of aromatic hydroxyl groups is 1. The lowest BCUT2D eigenvalue weighted by Crippen LogP contribution is -2.59. The summed E-state index contributed by atoms with van der Waals surface area (Å²) in [6.45, 7) is 8.41. The van der Waals surface area contributed by atoms with Gasteiger partial charge < -0.3 is 48.1 Å². The lowest BCUT2D eigenvalue weighted by Gasteiger charge is -2.31. The number of likely N-dealkylation sites (tertiary alicyclic amines) is 1. The van der Waals surface area contributed by atoms with Crippen LogP contribution in [0.1, 0.15) is 200 Å². The van der Waals surface area contributed by atoms with E-state index in [4.69, 9.17) is 11.5 Å². The summed E-state index contributed by atoms with van der Waals surface area (Å²) in [4.78, 5) is 123. The molecule has 0 saturated carbocycles. The minimum Gasteiger partial charge on any atom is -0.508 e. The van der Waals surface area contributed by atoms with E-state index in [0.29, 0.717) is 62.8 Å². The molecule has 1 aromatic carbocycles. The van der Waals surface area contributed by atoms with Gasteiger partial charge in [-0.05, 0) is 100.0 Å². The highest BCUT2D eigenvalue weighted by atomic mass is 32.2. The van der Waals surface area contributed by atoms with Gasteiger partial charge in [0.15, 0.2) is 11.6 Å². The van der Waals surface area contributed by atoms with Gasteiger partial charge in [-0.25, -0.2) is 0 Å². The second-order valence-corrected chi connectivity index (χ2v) is 21.9. The van der Waals surface area contributed by atoms with Crippen LogP contribution in [-0.4, -0.2) is 124 Å². The minimum absolute atomic E-state index is 0.0266. The number of rotatable bonds is 43. The van der Waals surface area contributed by atoms with Crippen LogP contribution in [0.2, 0.25) is 0 Å². The molecule has 6 atom stereocenters. The molecule has 0 aromatic heterocycles. The van der Waals surface area contributed by atoms with Gasteiger partial charge in [-0.1, -0.05) is 117 Å². The maximum Gasteiger partial charge on any atom is 0.245 e. The first kappa shape index (κ1) is 67.1. The topological polar surface area (TPSA) is 289 Å². The molecule has 0 spiro atoms. The van der Waals surface area contributed by atoms with Crippen molar-refractivity contribution in [3.63, 3.8) is 0 Å². The Bertz CT molecular complexity index is 1940. The van der Waals surface area contributed by atoms with E-state index >= 15 is 0 Å². The summed E-state index contributed by atoms with van der Waals surface area (Å²) in [7, 11) is 0. The van der Waals surface area contributed by atoms with Gasteiger partial charge in [0.1, 0.15) is 29.9 Å². The standard InChI is InChI=1S/C57H96N8O10S/c1-6-8-9-10-11-12-13-14-15-16-17-18-19-25-52(70)60-43(34-37-76-5)50(68)31-33-53(71)61-47(39-41-26-28-42(66)29-27-41)55(73)62-44(30-32-51(59)69)54(72)63-45(23-20-21-35-58)57(75)65-36-22-24-48(65)56(74)64-46(38-40(3)4)49(67)7-2/h26-29,40,43-48,66H,6-25,30-39,58H2,1-5H3,(H2,59,69)(H,60,70)(H,61,71)(H,62,73)(H,63,72)(H,64,74)/t43-,44-,45-,46-,47-,48-/m0/s1. The van der Waals surface area contributed by atoms with Crippen LogP contribution in [0.5, 0.6) is 5.75 Å². The maximum absolute atomic E-state index is 14.4. The highest BCUT2D eigenvalue weighted by molar-refractivity contribution is 7.98. The number of primary amides is 1. The van der Waals surface area contributed by atoms with Crippen molar-refractivity contribution in [1.29, 1.82) is 0 Å². The Morgan fingerprint density at radius 1 is 0.632 bits per heavy atom. The van der Waals surface area contributed by atoms with E-state index < -0.39 is 71.7 Å². The summed E-state index contributed by atoms with van der Waals surface area (Å²) in [5.74, 6) is -3.93. The third-order valence-electron chi connectivity index (χ3n) is 13.9. The molecule has 0 unspecified atom stereocenters. The van der Waals surface area contributed by atoms with Crippen LogP contribution >= 0.6 is 11.8 Å². The number of nitrogens with zero attached hydrogens (tertiary/aromatic N) is 1. The molecule has 1 saturated heterocycles. The predicted molar refractivity (Wildman–Crippen MR) is 300 cm³/mol. The van der Waals surface area contributed by atoms with Crippen LogP contribution in [0.3, 0.4) is 0 Å². The fraction of sp³-hybridized carbons (Fsp3) is 0.737. The monoisotopic (exact) mass is 1080 g/mol. The Morgan fingerprint density at radius 2 is 1.21 bits per heavy atom. The third kappa shape index (κ3) is 27.8. The van der Waals surface area contributed by atoms with Crippen LogP contribution in [0.25, 0.3) is 0 Å². The number of unbranched alkanes of at least 4 members (excludes halogenated alkanes) is 13. The second kappa shape index (κ2) is 39.3. The van der Waals surface area contributed by atoms with E-state index in [2.05, 4.69) is 33.5 Å². The molecule has 0 radical (unpaired) electrons. The van der Waals surface area contributed by atoms with E-state index in [0.717, 1.165) is 25.7 Å². The molecule has 1 fully saturated rings. The van der Waals surface area contributed by atoms with Crippen molar-refractivity contribution in [2.24, 2.45) is 17.4 Å². The summed E-state index contributed by atoms with van der Waals surface area (Å²) in [5, 5.41) is 23.9. The number of Topliss-reactive ketones (excluding diaryl/α,β-unsaturated/α-hetero) is 2. The van der Waals surface area contributed by atoms with Crippen LogP contribution in [0.15, 0.2) is 24.3 Å². The Kier molecular flexibility index (Phi) is 34.7. The van der Waals surface area contributed by atoms with Gasteiger partial charge in [0.05, 0.1) is 12.1 Å². The molecule has 19 heteroatoms. The first-order valence-corrected chi connectivity index (χ1v) is 29.9. The molecule has 1 aromatic rings. The third-order valence-corrected chi connectivity index (χ3v) is 14.6. The molecular formula is C57H96N8O10S. The average Bonchev–Trinajstić information content (AvgIpc) is 3.89. The van der Waals surface area contributed by atoms with Gasteiger partial charge in [0, 0.05) is 45.1 Å². The van der Waals surface area contributed by atoms with Crippen LogP contribution in [0, 0.1) is 5.92 Å². The van der Waals surface area contributed by atoms with Gasteiger partial charge in [-0.2, -0.15) is 11.8 Å². The normalized spacial score (nSPS) is 15.2. The number of phenols is 1. The molecule has 0 aliphatic carbocycles. The lowest BCUT2D eigenvalue weighted by atomic mass is 9.98. The van der Waals surface area contributed by atoms with E-state index in [1.54, 1.807) is 19.1 Å². The number of nitrogens with two attached hydrogens (primary N) is 2. The van der Waals surface area contributed by atoms with Crippen LogP contribution in [-0.2, 0) is 49.6 Å². The molecule has 1 aliphatic heterocycles. The van der Waals surface area contributed by atoms with Gasteiger partial charge in [0.25, 0.3) is 0 Å². The summed E-state index contributed by atoms with van der Waals surface area (Å²) < 4.78 is 0. The fourth-order valence-corrected chi connectivity index (χ4v) is 9.96. The molecule has 0 bridgehead atoms. The minimum atomic E-state index is -1.42. The molecule has 1 aliphatic rings. The molecule has 7 amide bonds. The Labute approximate surface area is 458 Å². The highest BCUT2D eigenvalue weighted by Crippen LogP contribution is 2.22. The first-order valence-electron chi connectivity index (χ1n) is 28.5. The highest BCUT2D eigenvalue weighted by Gasteiger charge is 2.40. The fourth-order valence-electron chi connectivity index (χ4n) is 9.48. The quantitative estimate of drug-likeness (QED) is 0.0332. The SMILES string of the molecule is CCCCCCCCCCCCCCCC(=O)N[C@@H](CCSC)C(=O)CCC(=O)N[C@@H](Cc1ccc(O)cc1)C(=O)N[C@@H](CCC(N)=O)C(=O)N[C@@H](CCCCN)C(=O)N1CCC[C@H]1C(=O)N[C@@H](CC(C)C)C(=O)CC. The maximum atomic E-state index is 14.4. The molecule has 18 nitrogen and oxygen atoms in total. The van der Waals surface area contributed by atoms with Gasteiger partial charge >= 0.3 is 0 Å². The van der Waals surface area contributed by atoms with Crippen molar-refractivity contribution >= 4 is 64.7 Å². The number of nitrogens with one attached hydrogen (secondary N) is 5. The molecule has 76 heavy (non-hydrogen) atoms. The molecule has 2 rings (SSSR count). The number of amides is 7. The number of hydrogen-bond donors (Lipinski definition) is 8. The van der Waals surface area contributed by atoms with E-state index in [1.165, 1.54) is 86.6 Å². The summed E-state index contributed by atoms with van der Waals surface area (Å²) in [5.41, 5.74) is 11.8. The molecule has 10 N–H and O–H groups in total. The first-order chi connectivity index (χ1) is 36.4. The van der Waals surface area contributed by atoms with Gasteiger partial charge in [-0.15, -0.1) is 0 Å². The zero-order valence-electron chi connectivity index (χ0n) is 46.7. The Balaban J connectivity index is 2.18. The number of carbonyl (C=O) groups excluding carboxylic acids is 9. The molecule has 1 heterocycles. The number of benzene rings is 1. The molecular weight excluding hydrogens is 989 g/mol. The van der Waals surface area contributed by atoms with E-state index in [1.807, 2.05) is 20.1 Å². The number of phenolic OH excluding ortho intramolecular Hbond substituents is 1. The van der Waals surface area contributed by atoms with Crippen molar-refractivity contribution in [3.8, 4) is 5.75 Å². The lowest BCUT2D eigenvalue weighted by molar-refractivity contribution is -0.142. The van der Waals surface area contributed by atoms with Crippen LogP contribution < -0.4 is 38.1 Å². The van der Waals surface area contributed by atoms with Crippen molar-refractivity contribution in [2.45, 2.75) is 237 Å². The summed E-state index contributed by atoms with van der Waals surface area (Å²) >= 11 is 1.54. The number of ketones is 2. The van der Waals surface area contributed by atoms with Crippen molar-refractivity contribution in [1.82, 2.24) is 31.5 Å². The zero-order valence-corrected chi connectivity index (χ0v) is 47.5. The van der Waals surface area contributed by atoms with Gasteiger partial charge in [0.2, 0.25) is 41.4 Å². The second-order valence-electron chi connectivity index (χ2n) is 21.0. The molecule has 430 valence electrons. The predicted octanol–water partition coefficient (Wildman–Crippen LogP) is 6.35. The number of carbonyl (C=O) groups is 9. The Hall–Kier alpha value is -5.04. The Morgan fingerprint density at radius 3 is 1.79 bits per heavy atom. The number of hydrogen-bond acceptors (Lipinski definition) is 12. The van der Waals surface area contributed by atoms with E-state index in [-0.39, 0.29) is 80.6 Å². The smallest absolute Gasteiger partial charge is 0.245 e. The van der Waals surface area contributed by atoms with Crippen molar-refractivity contribution in [3.05, 3.63) is 29.8 Å². The van der Waals surface area contributed by atoms with E-state index in [9.17, 15) is 48.3 Å². The summed E-state index contributed by atoms with van der Waals surface area (Å²) in [6.07, 6.45) is 19.5. The average molecular weight is 1090 g/mol. The largest absolute Gasteiger partial charge is 0.508 e. The number of thioether (sulfide) groups is 1. The zero-order chi connectivity index (χ0) is 56.3. The van der Waals surface area contributed by atoms with Gasteiger partial charge in [-0.3, -0.25) is 43.2 Å². The van der Waals surface area contributed by atoms with Crippen molar-refractivity contribution < 1.29 is 48.3 Å².